The average molecular weight is 461 g/mol. The zero-order chi connectivity index (χ0) is 23.3. The Bertz CT molecular complexity index is 866. The fourth-order valence-corrected chi connectivity index (χ4v) is 3.29. The van der Waals surface area contributed by atoms with Crippen LogP contribution < -0.4 is 20.1 Å². The number of amides is 2. The molecule has 0 atom stereocenters. The number of ether oxygens (including phenoxy) is 2. The number of carbonyl (C=O) groups excluding carboxylic acids is 2. The molecular formula is C25H33ClN2O4. The fourth-order valence-electron chi connectivity index (χ4n) is 3.10. The van der Waals surface area contributed by atoms with E-state index in [1.54, 1.807) is 19.2 Å². The second kappa shape index (κ2) is 13.6. The number of hydrogen-bond acceptors (Lipinski definition) is 4. The van der Waals surface area contributed by atoms with Gasteiger partial charge in [0.2, 0.25) is 11.8 Å². The maximum absolute atomic E-state index is 12.4. The number of hydrogen-bond donors (Lipinski definition) is 2. The van der Waals surface area contributed by atoms with Gasteiger partial charge >= 0.3 is 0 Å². The second-order valence-corrected chi connectivity index (χ2v) is 7.97. The maximum Gasteiger partial charge on any atom is 0.221 e. The number of unbranched alkanes of at least 4 members (excludes halogenated alkanes) is 2. The van der Waals surface area contributed by atoms with Crippen LogP contribution in [0.25, 0.3) is 0 Å². The Hall–Kier alpha value is -2.73. The number of carbonyl (C=O) groups is 2. The summed E-state index contributed by atoms with van der Waals surface area (Å²) < 4.78 is 11.4. The van der Waals surface area contributed by atoms with E-state index in [0.717, 1.165) is 31.2 Å². The van der Waals surface area contributed by atoms with Crippen molar-refractivity contribution in [2.75, 3.05) is 7.11 Å². The van der Waals surface area contributed by atoms with E-state index in [0.29, 0.717) is 34.9 Å². The van der Waals surface area contributed by atoms with E-state index in [1.165, 1.54) is 0 Å². The Morgan fingerprint density at radius 3 is 2.12 bits per heavy atom. The van der Waals surface area contributed by atoms with Crippen molar-refractivity contribution in [3.8, 4) is 11.5 Å². The van der Waals surface area contributed by atoms with Crippen molar-refractivity contribution < 1.29 is 19.1 Å². The lowest BCUT2D eigenvalue weighted by Gasteiger charge is -2.22. The van der Waals surface area contributed by atoms with Crippen LogP contribution in [-0.2, 0) is 16.2 Å². The van der Waals surface area contributed by atoms with E-state index in [9.17, 15) is 9.59 Å². The van der Waals surface area contributed by atoms with Gasteiger partial charge in [0.1, 0.15) is 12.8 Å². The van der Waals surface area contributed by atoms with Crippen molar-refractivity contribution in [2.45, 2.75) is 65.1 Å². The minimum Gasteiger partial charge on any atom is -0.493 e. The van der Waals surface area contributed by atoms with Gasteiger partial charge in [0, 0.05) is 23.4 Å². The van der Waals surface area contributed by atoms with Crippen LogP contribution in [0.1, 0.15) is 69.7 Å². The molecule has 2 N–H and O–H groups in total. The van der Waals surface area contributed by atoms with Crippen molar-refractivity contribution in [1.82, 2.24) is 10.6 Å². The van der Waals surface area contributed by atoms with Crippen molar-refractivity contribution in [3.05, 3.63) is 58.6 Å². The molecule has 2 aromatic carbocycles. The summed E-state index contributed by atoms with van der Waals surface area (Å²) in [5.74, 6) is 0.832. The summed E-state index contributed by atoms with van der Waals surface area (Å²) in [5, 5.41) is 6.49. The van der Waals surface area contributed by atoms with Gasteiger partial charge in [0.05, 0.1) is 7.11 Å². The Kier molecular flexibility index (Phi) is 10.9. The summed E-state index contributed by atoms with van der Waals surface area (Å²) >= 11 is 6.24. The van der Waals surface area contributed by atoms with Crippen LogP contribution in [0, 0.1) is 0 Å². The van der Waals surface area contributed by atoms with E-state index >= 15 is 0 Å². The predicted octanol–water partition coefficient (Wildman–Crippen LogP) is 5.54. The molecule has 0 aliphatic heterocycles. The van der Waals surface area contributed by atoms with Gasteiger partial charge in [0.25, 0.3) is 0 Å². The molecule has 0 aromatic heterocycles. The highest BCUT2D eigenvalue weighted by Gasteiger charge is 2.19. The number of nitrogens with one attached hydrogen (secondary N) is 2. The summed E-state index contributed by atoms with van der Waals surface area (Å²) in [6, 6.07) is 12.8. The molecule has 0 aliphatic carbocycles. The highest BCUT2D eigenvalue weighted by Crippen LogP contribution is 2.31. The smallest absolute Gasteiger partial charge is 0.221 e. The monoisotopic (exact) mass is 460 g/mol. The Labute approximate surface area is 195 Å². The third-order valence-corrected chi connectivity index (χ3v) is 5.36. The lowest BCUT2D eigenvalue weighted by atomic mass is 10.1. The van der Waals surface area contributed by atoms with Crippen LogP contribution in [0.4, 0.5) is 0 Å². The number of methoxy groups -OCH3 is 1. The first-order valence-corrected chi connectivity index (χ1v) is 11.5. The van der Waals surface area contributed by atoms with Crippen LogP contribution in [0.3, 0.4) is 0 Å². The molecule has 174 valence electrons. The standard InChI is InChI=1S/C25H33ClN2O4/c1-4-6-12-23(29)27-25(28-24(30)13-7-5-2)18-14-15-21(31-3)22(16-18)32-17-19-10-8-9-11-20(19)26/h8-11,14-16,25H,4-7,12-13,17H2,1-3H3,(H,27,29)(H,28,30). The summed E-state index contributed by atoms with van der Waals surface area (Å²) in [5.41, 5.74) is 1.55. The van der Waals surface area contributed by atoms with Gasteiger partial charge in [-0.15, -0.1) is 0 Å². The third-order valence-electron chi connectivity index (χ3n) is 4.99. The molecule has 0 unspecified atom stereocenters. The topological polar surface area (TPSA) is 76.7 Å². The lowest BCUT2D eigenvalue weighted by Crippen LogP contribution is -2.41. The maximum atomic E-state index is 12.4. The molecule has 2 amide bonds. The first-order valence-electron chi connectivity index (χ1n) is 11.1. The predicted molar refractivity (Wildman–Crippen MR) is 127 cm³/mol. The molecule has 0 saturated carbocycles. The van der Waals surface area contributed by atoms with Gasteiger partial charge in [-0.3, -0.25) is 9.59 Å². The molecule has 7 heteroatoms. The number of benzene rings is 2. The molecule has 32 heavy (non-hydrogen) atoms. The zero-order valence-electron chi connectivity index (χ0n) is 19.1. The molecule has 6 nitrogen and oxygen atoms in total. The second-order valence-electron chi connectivity index (χ2n) is 7.57. The lowest BCUT2D eigenvalue weighted by molar-refractivity contribution is -0.124. The Balaban J connectivity index is 2.24. The minimum absolute atomic E-state index is 0.109. The van der Waals surface area contributed by atoms with Crippen molar-refractivity contribution >= 4 is 23.4 Å². The Morgan fingerprint density at radius 2 is 1.56 bits per heavy atom. The molecule has 0 radical (unpaired) electrons. The number of halogens is 1. The molecule has 0 bridgehead atoms. The zero-order valence-corrected chi connectivity index (χ0v) is 19.8. The van der Waals surface area contributed by atoms with Crippen LogP contribution in [-0.4, -0.2) is 18.9 Å². The molecule has 0 heterocycles. The molecule has 0 saturated heterocycles. The van der Waals surface area contributed by atoms with Crippen LogP contribution in [0.5, 0.6) is 11.5 Å². The quantitative estimate of drug-likeness (QED) is 0.385. The fraction of sp³-hybridized carbons (Fsp3) is 0.440. The Morgan fingerprint density at radius 1 is 0.938 bits per heavy atom. The average Bonchev–Trinajstić information content (AvgIpc) is 2.80. The van der Waals surface area contributed by atoms with Crippen LogP contribution in [0.2, 0.25) is 5.02 Å². The van der Waals surface area contributed by atoms with E-state index in [1.807, 2.05) is 44.2 Å². The van der Waals surface area contributed by atoms with Crippen molar-refractivity contribution in [2.24, 2.45) is 0 Å². The van der Waals surface area contributed by atoms with Crippen LogP contribution >= 0.6 is 11.6 Å². The van der Waals surface area contributed by atoms with Gasteiger partial charge in [-0.05, 0) is 36.6 Å². The van der Waals surface area contributed by atoms with Gasteiger partial charge in [0.15, 0.2) is 11.5 Å². The normalized spacial score (nSPS) is 10.7. The summed E-state index contributed by atoms with van der Waals surface area (Å²) in [7, 11) is 1.56. The van der Waals surface area contributed by atoms with E-state index in [4.69, 9.17) is 21.1 Å². The highest BCUT2D eigenvalue weighted by molar-refractivity contribution is 6.31. The largest absolute Gasteiger partial charge is 0.493 e. The van der Waals surface area contributed by atoms with Gasteiger partial charge in [-0.2, -0.15) is 0 Å². The van der Waals surface area contributed by atoms with Gasteiger partial charge < -0.3 is 20.1 Å². The van der Waals surface area contributed by atoms with Crippen molar-refractivity contribution in [1.29, 1.82) is 0 Å². The van der Waals surface area contributed by atoms with E-state index < -0.39 is 6.17 Å². The highest BCUT2D eigenvalue weighted by atomic mass is 35.5. The summed E-state index contributed by atoms with van der Waals surface area (Å²) in [4.78, 5) is 24.8. The molecule has 0 aliphatic rings. The van der Waals surface area contributed by atoms with Crippen LogP contribution in [0.15, 0.2) is 42.5 Å². The third kappa shape index (κ3) is 8.08. The summed E-state index contributed by atoms with van der Waals surface area (Å²) in [6.07, 6.45) is 3.58. The first kappa shape index (κ1) is 25.5. The molecule has 0 fully saturated rings. The molecule has 0 spiro atoms. The molecule has 2 aromatic rings. The minimum atomic E-state index is -0.655. The van der Waals surface area contributed by atoms with E-state index in [2.05, 4.69) is 10.6 Å². The molecular weight excluding hydrogens is 428 g/mol. The van der Waals surface area contributed by atoms with Gasteiger partial charge in [-0.25, -0.2) is 0 Å². The first-order chi connectivity index (χ1) is 15.5. The number of rotatable bonds is 13. The van der Waals surface area contributed by atoms with Gasteiger partial charge in [-0.1, -0.05) is 62.6 Å². The summed E-state index contributed by atoms with van der Waals surface area (Å²) in [6.45, 7) is 4.32. The molecule has 2 rings (SSSR count). The van der Waals surface area contributed by atoms with Crippen molar-refractivity contribution in [3.63, 3.8) is 0 Å². The van der Waals surface area contributed by atoms with E-state index in [-0.39, 0.29) is 18.4 Å². The SMILES string of the molecule is CCCCC(=O)NC(NC(=O)CCCC)c1ccc(OC)c(OCc2ccccc2Cl)c1.